The summed E-state index contributed by atoms with van der Waals surface area (Å²) in [6.45, 7) is 1.81. The normalized spacial score (nSPS) is 14.3. The number of ether oxygens (including phenoxy) is 1. The molecule has 2 N–H and O–H groups in total. The molecular formula is C21H24N2O5S. The summed E-state index contributed by atoms with van der Waals surface area (Å²) in [5.41, 5.74) is 1.51. The zero-order chi connectivity index (χ0) is 20.9. The van der Waals surface area contributed by atoms with Crippen molar-refractivity contribution in [2.24, 2.45) is 0 Å². The third-order valence-corrected chi connectivity index (χ3v) is 6.37. The molecule has 0 fully saturated rings. The molecule has 1 aliphatic rings. The highest BCUT2D eigenvalue weighted by Gasteiger charge is 2.22. The Balaban J connectivity index is 1.51. The number of fused-ring (bicyclic) bond motifs is 1. The standard InChI is InChI=1S/C21H24N2O5S/c1-15(7-8-16-5-3-2-4-6-16)22-20(24)11-12-29(26,27)17-9-10-19-18(13-17)23-21(25)14-28-19/h2-6,9-10,13,15H,7-8,11-12,14H2,1H3,(H,22,24)(H,23,25). The van der Waals surface area contributed by atoms with Crippen LogP contribution >= 0.6 is 0 Å². The molecular weight excluding hydrogens is 392 g/mol. The van der Waals surface area contributed by atoms with E-state index in [2.05, 4.69) is 10.6 Å². The number of carbonyl (C=O) groups is 2. The molecule has 0 bridgehead atoms. The van der Waals surface area contributed by atoms with Gasteiger partial charge in [-0.05, 0) is 43.5 Å². The van der Waals surface area contributed by atoms with Crippen molar-refractivity contribution in [1.29, 1.82) is 0 Å². The van der Waals surface area contributed by atoms with E-state index in [1.165, 1.54) is 23.8 Å². The molecule has 2 aromatic carbocycles. The van der Waals surface area contributed by atoms with Gasteiger partial charge in [0.05, 0.1) is 16.3 Å². The van der Waals surface area contributed by atoms with E-state index >= 15 is 0 Å². The second-order valence-electron chi connectivity index (χ2n) is 7.06. The second-order valence-corrected chi connectivity index (χ2v) is 9.17. The maximum atomic E-state index is 12.6. The summed E-state index contributed by atoms with van der Waals surface area (Å²) in [7, 11) is -3.67. The van der Waals surface area contributed by atoms with Crippen molar-refractivity contribution in [1.82, 2.24) is 5.32 Å². The first-order valence-corrected chi connectivity index (χ1v) is 11.1. The number of nitrogens with one attached hydrogen (secondary N) is 2. The summed E-state index contributed by atoms with van der Waals surface area (Å²) >= 11 is 0. The van der Waals surface area contributed by atoms with Gasteiger partial charge in [-0.2, -0.15) is 0 Å². The van der Waals surface area contributed by atoms with Crippen molar-refractivity contribution in [3.8, 4) is 5.75 Å². The molecule has 0 spiro atoms. The van der Waals surface area contributed by atoms with Gasteiger partial charge in [-0.15, -0.1) is 0 Å². The molecule has 7 nitrogen and oxygen atoms in total. The zero-order valence-corrected chi connectivity index (χ0v) is 17.0. The van der Waals surface area contributed by atoms with E-state index in [1.54, 1.807) is 0 Å². The van der Waals surface area contributed by atoms with Gasteiger partial charge in [-0.1, -0.05) is 30.3 Å². The Kier molecular flexibility index (Phi) is 6.53. The van der Waals surface area contributed by atoms with Crippen molar-refractivity contribution < 1.29 is 22.7 Å². The largest absolute Gasteiger partial charge is 0.482 e. The summed E-state index contributed by atoms with van der Waals surface area (Å²) in [5.74, 6) is -0.522. The smallest absolute Gasteiger partial charge is 0.262 e. The summed E-state index contributed by atoms with van der Waals surface area (Å²) in [4.78, 5) is 23.6. The topological polar surface area (TPSA) is 102 Å². The van der Waals surface area contributed by atoms with Gasteiger partial charge < -0.3 is 15.4 Å². The average Bonchev–Trinajstić information content (AvgIpc) is 2.71. The van der Waals surface area contributed by atoms with Crippen LogP contribution in [0, 0.1) is 0 Å². The molecule has 0 saturated heterocycles. The van der Waals surface area contributed by atoms with E-state index in [9.17, 15) is 18.0 Å². The lowest BCUT2D eigenvalue weighted by molar-refractivity contribution is -0.121. The van der Waals surface area contributed by atoms with Crippen LogP contribution in [0.2, 0.25) is 0 Å². The molecule has 1 heterocycles. The lowest BCUT2D eigenvalue weighted by Crippen LogP contribution is -2.34. The summed E-state index contributed by atoms with van der Waals surface area (Å²) < 4.78 is 30.4. The fourth-order valence-electron chi connectivity index (χ4n) is 3.05. The van der Waals surface area contributed by atoms with E-state index < -0.39 is 9.84 Å². The molecule has 3 rings (SSSR count). The van der Waals surface area contributed by atoms with E-state index in [0.29, 0.717) is 11.4 Å². The summed E-state index contributed by atoms with van der Waals surface area (Å²) in [6.07, 6.45) is 1.48. The molecule has 0 radical (unpaired) electrons. The van der Waals surface area contributed by atoms with Crippen LogP contribution in [0.3, 0.4) is 0 Å². The van der Waals surface area contributed by atoms with Gasteiger partial charge in [0.2, 0.25) is 5.91 Å². The van der Waals surface area contributed by atoms with Crippen LogP contribution in [0.25, 0.3) is 0 Å². The van der Waals surface area contributed by atoms with Crippen LogP contribution in [0.1, 0.15) is 25.3 Å². The Hall–Kier alpha value is -2.87. The first-order chi connectivity index (χ1) is 13.8. The average molecular weight is 416 g/mol. The highest BCUT2D eigenvalue weighted by Crippen LogP contribution is 2.30. The van der Waals surface area contributed by atoms with Crippen molar-refractivity contribution in [2.45, 2.75) is 37.1 Å². The Morgan fingerprint density at radius 3 is 2.72 bits per heavy atom. The molecule has 2 amide bonds. The first kappa shape index (κ1) is 20.9. The fourth-order valence-corrected chi connectivity index (χ4v) is 4.31. The SMILES string of the molecule is CC(CCc1ccccc1)NC(=O)CCS(=O)(=O)c1ccc2c(c1)NC(=O)CO2. The Bertz CT molecular complexity index is 989. The quantitative estimate of drug-likeness (QED) is 0.688. The fraction of sp³-hybridized carbons (Fsp3) is 0.333. The lowest BCUT2D eigenvalue weighted by Gasteiger charge is -2.18. The number of anilines is 1. The molecule has 29 heavy (non-hydrogen) atoms. The predicted molar refractivity (Wildman–Crippen MR) is 110 cm³/mol. The van der Waals surface area contributed by atoms with Gasteiger partial charge >= 0.3 is 0 Å². The maximum absolute atomic E-state index is 12.6. The third kappa shape index (κ3) is 5.80. The Morgan fingerprint density at radius 2 is 1.97 bits per heavy atom. The number of aryl methyl sites for hydroxylation is 1. The molecule has 1 aliphatic heterocycles. The van der Waals surface area contributed by atoms with Gasteiger partial charge in [0, 0.05) is 12.5 Å². The summed E-state index contributed by atoms with van der Waals surface area (Å²) in [5, 5.41) is 5.43. The maximum Gasteiger partial charge on any atom is 0.262 e. The molecule has 1 unspecified atom stereocenters. The third-order valence-electron chi connectivity index (χ3n) is 4.66. The Labute approximate surface area is 170 Å². The number of amides is 2. The monoisotopic (exact) mass is 416 g/mol. The predicted octanol–water partition coefficient (Wildman–Crippen LogP) is 2.32. The van der Waals surface area contributed by atoms with Gasteiger partial charge in [0.1, 0.15) is 5.75 Å². The number of sulfone groups is 1. The minimum Gasteiger partial charge on any atom is -0.482 e. The van der Waals surface area contributed by atoms with Crippen molar-refractivity contribution in [2.75, 3.05) is 17.7 Å². The van der Waals surface area contributed by atoms with Crippen LogP contribution in [-0.4, -0.2) is 38.6 Å². The minimum atomic E-state index is -3.67. The van der Waals surface area contributed by atoms with Gasteiger partial charge in [0.25, 0.3) is 5.91 Å². The van der Waals surface area contributed by atoms with E-state index in [-0.39, 0.29) is 41.5 Å². The molecule has 0 saturated carbocycles. The molecule has 8 heteroatoms. The number of hydrogen-bond donors (Lipinski definition) is 2. The molecule has 154 valence electrons. The summed E-state index contributed by atoms with van der Waals surface area (Å²) in [6, 6.07) is 14.2. The van der Waals surface area contributed by atoms with Crippen LogP contribution in [0.4, 0.5) is 5.69 Å². The molecule has 0 aliphatic carbocycles. The highest BCUT2D eigenvalue weighted by atomic mass is 32.2. The van der Waals surface area contributed by atoms with Crippen molar-refractivity contribution in [3.63, 3.8) is 0 Å². The zero-order valence-electron chi connectivity index (χ0n) is 16.2. The lowest BCUT2D eigenvalue weighted by atomic mass is 10.1. The van der Waals surface area contributed by atoms with Crippen LogP contribution in [-0.2, 0) is 25.8 Å². The molecule has 2 aromatic rings. The second kappa shape index (κ2) is 9.09. The van der Waals surface area contributed by atoms with Crippen molar-refractivity contribution >= 4 is 27.3 Å². The molecule has 1 atom stereocenters. The number of rotatable bonds is 8. The molecule has 0 aromatic heterocycles. The van der Waals surface area contributed by atoms with Gasteiger partial charge in [-0.3, -0.25) is 9.59 Å². The van der Waals surface area contributed by atoms with Crippen LogP contribution in [0.5, 0.6) is 5.75 Å². The van der Waals surface area contributed by atoms with Crippen LogP contribution < -0.4 is 15.4 Å². The number of hydrogen-bond acceptors (Lipinski definition) is 5. The van der Waals surface area contributed by atoms with E-state index in [1.807, 2.05) is 37.3 Å². The Morgan fingerprint density at radius 1 is 1.21 bits per heavy atom. The van der Waals surface area contributed by atoms with Crippen LogP contribution in [0.15, 0.2) is 53.4 Å². The van der Waals surface area contributed by atoms with E-state index in [4.69, 9.17) is 4.74 Å². The minimum absolute atomic E-state index is 0.0481. The number of benzene rings is 2. The van der Waals surface area contributed by atoms with Gasteiger partial charge in [0.15, 0.2) is 16.4 Å². The number of carbonyl (C=O) groups excluding carboxylic acids is 2. The van der Waals surface area contributed by atoms with Crippen molar-refractivity contribution in [3.05, 3.63) is 54.1 Å². The van der Waals surface area contributed by atoms with E-state index in [0.717, 1.165) is 12.8 Å². The highest BCUT2D eigenvalue weighted by molar-refractivity contribution is 7.91. The first-order valence-electron chi connectivity index (χ1n) is 9.46. The van der Waals surface area contributed by atoms with Gasteiger partial charge in [-0.25, -0.2) is 8.42 Å².